The topological polar surface area (TPSA) is 80.9 Å². The molecule has 2 aromatic rings. The fourth-order valence-electron chi connectivity index (χ4n) is 2.82. The van der Waals surface area contributed by atoms with Gasteiger partial charge in [0, 0.05) is 6.42 Å². The van der Waals surface area contributed by atoms with E-state index in [1.54, 1.807) is 5.51 Å². The zero-order valence-corrected chi connectivity index (χ0v) is 13.5. The second-order valence-electron chi connectivity index (χ2n) is 5.75. The molecule has 1 amide bonds. The van der Waals surface area contributed by atoms with E-state index in [1.807, 2.05) is 6.92 Å². The van der Waals surface area contributed by atoms with Crippen molar-refractivity contribution in [3.8, 4) is 10.8 Å². The Morgan fingerprint density at radius 3 is 2.91 bits per heavy atom. The average molecular weight is 320 g/mol. The lowest BCUT2D eigenvalue weighted by atomic mass is 9.87. The number of rotatable bonds is 5. The van der Waals surface area contributed by atoms with Gasteiger partial charge in [-0.25, -0.2) is 4.98 Å². The van der Waals surface area contributed by atoms with Crippen LogP contribution in [-0.4, -0.2) is 21.1 Å². The highest BCUT2D eigenvalue weighted by atomic mass is 32.1. The van der Waals surface area contributed by atoms with Crippen molar-refractivity contribution in [2.24, 2.45) is 5.92 Å². The van der Waals surface area contributed by atoms with Gasteiger partial charge in [-0.2, -0.15) is 0 Å². The standard InChI is InChI=1S/C15H20N4O2S/c1-10-14(22-9-17-10)15-19-18-13(21-15)8-16-12(20)7-11-5-3-2-4-6-11/h9,11H,2-8H2,1H3,(H,16,20). The highest BCUT2D eigenvalue weighted by Crippen LogP contribution is 2.27. The lowest BCUT2D eigenvalue weighted by molar-refractivity contribution is -0.122. The van der Waals surface area contributed by atoms with Gasteiger partial charge in [0.05, 0.1) is 17.7 Å². The molecule has 2 aromatic heterocycles. The van der Waals surface area contributed by atoms with Crippen LogP contribution in [0.4, 0.5) is 0 Å². The summed E-state index contributed by atoms with van der Waals surface area (Å²) >= 11 is 1.47. The van der Waals surface area contributed by atoms with Crippen molar-refractivity contribution >= 4 is 17.2 Å². The van der Waals surface area contributed by atoms with Gasteiger partial charge < -0.3 is 9.73 Å². The summed E-state index contributed by atoms with van der Waals surface area (Å²) in [7, 11) is 0. The summed E-state index contributed by atoms with van der Waals surface area (Å²) in [6.45, 7) is 2.19. The van der Waals surface area contributed by atoms with Gasteiger partial charge in [0.1, 0.15) is 4.88 Å². The molecule has 0 aliphatic heterocycles. The van der Waals surface area contributed by atoms with Gasteiger partial charge in [-0.05, 0) is 25.7 Å². The van der Waals surface area contributed by atoms with Crippen molar-refractivity contribution in [1.82, 2.24) is 20.5 Å². The van der Waals surface area contributed by atoms with E-state index in [0.717, 1.165) is 10.6 Å². The van der Waals surface area contributed by atoms with Crippen LogP contribution in [0.2, 0.25) is 0 Å². The number of hydrogen-bond donors (Lipinski definition) is 1. The Hall–Kier alpha value is -1.76. The Bertz CT molecular complexity index is 631. The third-order valence-corrected chi connectivity index (χ3v) is 4.96. The molecule has 1 saturated carbocycles. The molecular weight excluding hydrogens is 300 g/mol. The molecule has 0 radical (unpaired) electrons. The second kappa shape index (κ2) is 7.00. The molecule has 1 N–H and O–H groups in total. The zero-order valence-electron chi connectivity index (χ0n) is 12.7. The molecular formula is C15H20N4O2S. The first-order chi connectivity index (χ1) is 10.7. The Kier molecular flexibility index (Phi) is 4.82. The Labute approximate surface area is 133 Å². The smallest absolute Gasteiger partial charge is 0.259 e. The SMILES string of the molecule is Cc1ncsc1-c1nnc(CNC(=O)CC2CCCCC2)o1. The van der Waals surface area contributed by atoms with Crippen molar-refractivity contribution in [3.63, 3.8) is 0 Å². The molecule has 6 nitrogen and oxygen atoms in total. The number of carbonyl (C=O) groups excluding carboxylic acids is 1. The number of carbonyl (C=O) groups is 1. The van der Waals surface area contributed by atoms with Gasteiger partial charge in [0.15, 0.2) is 0 Å². The number of amides is 1. The summed E-state index contributed by atoms with van der Waals surface area (Å²) in [6.07, 6.45) is 6.75. The Balaban J connectivity index is 1.50. The minimum absolute atomic E-state index is 0.0700. The van der Waals surface area contributed by atoms with E-state index < -0.39 is 0 Å². The molecule has 2 heterocycles. The normalized spacial score (nSPS) is 15.9. The third kappa shape index (κ3) is 3.71. The van der Waals surface area contributed by atoms with E-state index in [9.17, 15) is 4.79 Å². The summed E-state index contributed by atoms with van der Waals surface area (Å²) in [5, 5.41) is 10.9. The van der Waals surface area contributed by atoms with Crippen LogP contribution in [-0.2, 0) is 11.3 Å². The molecule has 0 spiro atoms. The van der Waals surface area contributed by atoms with Crippen LogP contribution in [0.5, 0.6) is 0 Å². The number of thiazole rings is 1. The molecule has 1 fully saturated rings. The van der Waals surface area contributed by atoms with E-state index in [0.29, 0.717) is 24.1 Å². The lowest BCUT2D eigenvalue weighted by Crippen LogP contribution is -2.26. The summed E-state index contributed by atoms with van der Waals surface area (Å²) in [5.74, 6) is 1.50. The first-order valence-electron chi connectivity index (χ1n) is 7.72. The molecule has 118 valence electrons. The largest absolute Gasteiger partial charge is 0.418 e. The number of hydrogen-bond acceptors (Lipinski definition) is 6. The van der Waals surface area contributed by atoms with E-state index >= 15 is 0 Å². The van der Waals surface area contributed by atoms with Gasteiger partial charge in [0.25, 0.3) is 5.89 Å². The monoisotopic (exact) mass is 320 g/mol. The van der Waals surface area contributed by atoms with Crippen LogP contribution in [0.15, 0.2) is 9.93 Å². The number of aromatic nitrogens is 3. The Morgan fingerprint density at radius 2 is 2.18 bits per heavy atom. The molecule has 3 rings (SSSR count). The molecule has 7 heteroatoms. The van der Waals surface area contributed by atoms with Crippen LogP contribution in [0.3, 0.4) is 0 Å². The number of aryl methyl sites for hydroxylation is 1. The predicted molar refractivity (Wildman–Crippen MR) is 83.2 cm³/mol. The van der Waals surface area contributed by atoms with Gasteiger partial charge in [-0.1, -0.05) is 19.3 Å². The average Bonchev–Trinajstić information content (AvgIpc) is 3.14. The van der Waals surface area contributed by atoms with E-state index in [1.165, 1.54) is 43.4 Å². The Morgan fingerprint density at radius 1 is 1.36 bits per heavy atom. The predicted octanol–water partition coefficient (Wildman–Crippen LogP) is 3.09. The van der Waals surface area contributed by atoms with E-state index in [2.05, 4.69) is 20.5 Å². The zero-order chi connectivity index (χ0) is 15.4. The van der Waals surface area contributed by atoms with Crippen LogP contribution < -0.4 is 5.32 Å². The molecule has 0 saturated heterocycles. The molecule has 0 atom stereocenters. The highest BCUT2D eigenvalue weighted by Gasteiger charge is 2.18. The fourth-order valence-corrected chi connectivity index (χ4v) is 3.55. The lowest BCUT2D eigenvalue weighted by Gasteiger charge is -2.20. The van der Waals surface area contributed by atoms with Gasteiger partial charge in [-0.15, -0.1) is 21.5 Å². The third-order valence-electron chi connectivity index (χ3n) is 4.04. The quantitative estimate of drug-likeness (QED) is 0.915. The maximum absolute atomic E-state index is 12.0. The molecule has 0 aromatic carbocycles. The number of nitrogens with one attached hydrogen (secondary N) is 1. The van der Waals surface area contributed by atoms with E-state index in [4.69, 9.17) is 4.42 Å². The fraction of sp³-hybridized carbons (Fsp3) is 0.600. The molecule has 0 unspecified atom stereocenters. The van der Waals surface area contributed by atoms with Crippen molar-refractivity contribution in [1.29, 1.82) is 0 Å². The summed E-state index contributed by atoms with van der Waals surface area (Å²) in [5.41, 5.74) is 2.63. The van der Waals surface area contributed by atoms with Crippen molar-refractivity contribution in [2.45, 2.75) is 52.0 Å². The second-order valence-corrected chi connectivity index (χ2v) is 6.61. The first-order valence-corrected chi connectivity index (χ1v) is 8.60. The number of nitrogens with zero attached hydrogens (tertiary/aromatic N) is 3. The minimum atomic E-state index is 0.0700. The summed E-state index contributed by atoms with van der Waals surface area (Å²) in [4.78, 5) is 17.0. The van der Waals surface area contributed by atoms with Crippen LogP contribution in [0, 0.1) is 12.8 Å². The molecule has 22 heavy (non-hydrogen) atoms. The minimum Gasteiger partial charge on any atom is -0.418 e. The summed E-state index contributed by atoms with van der Waals surface area (Å²) in [6, 6.07) is 0. The van der Waals surface area contributed by atoms with Crippen LogP contribution >= 0.6 is 11.3 Å². The van der Waals surface area contributed by atoms with Gasteiger partial charge in [0.2, 0.25) is 11.8 Å². The van der Waals surface area contributed by atoms with Crippen molar-refractivity contribution < 1.29 is 9.21 Å². The van der Waals surface area contributed by atoms with E-state index in [-0.39, 0.29) is 12.5 Å². The highest BCUT2D eigenvalue weighted by molar-refractivity contribution is 7.13. The maximum Gasteiger partial charge on any atom is 0.259 e. The van der Waals surface area contributed by atoms with Crippen LogP contribution in [0.25, 0.3) is 10.8 Å². The molecule has 1 aliphatic carbocycles. The molecule has 0 bridgehead atoms. The van der Waals surface area contributed by atoms with Crippen molar-refractivity contribution in [3.05, 3.63) is 17.1 Å². The molecule has 1 aliphatic rings. The summed E-state index contributed by atoms with van der Waals surface area (Å²) < 4.78 is 5.58. The van der Waals surface area contributed by atoms with Crippen molar-refractivity contribution in [2.75, 3.05) is 0 Å². The first kappa shape index (κ1) is 15.1. The maximum atomic E-state index is 12.0. The van der Waals surface area contributed by atoms with Gasteiger partial charge in [-0.3, -0.25) is 4.79 Å². The van der Waals surface area contributed by atoms with Gasteiger partial charge >= 0.3 is 0 Å². The van der Waals surface area contributed by atoms with Crippen LogP contribution in [0.1, 0.15) is 50.1 Å².